The molecule has 0 aliphatic carbocycles. The van der Waals surface area contributed by atoms with Gasteiger partial charge in [-0.1, -0.05) is 12.1 Å². The van der Waals surface area contributed by atoms with Crippen LogP contribution < -0.4 is 10.1 Å². The number of nitrogens with one attached hydrogen (secondary N) is 1. The maximum absolute atomic E-state index is 11.4. The predicted molar refractivity (Wildman–Crippen MR) is 71.1 cm³/mol. The van der Waals surface area contributed by atoms with Crippen molar-refractivity contribution in [1.82, 2.24) is 5.32 Å². The maximum Gasteiger partial charge on any atom is 0.331 e. The molecule has 0 aliphatic rings. The van der Waals surface area contributed by atoms with Crippen molar-refractivity contribution in [2.45, 2.75) is 13.3 Å². The molecule has 1 aromatic carbocycles. The summed E-state index contributed by atoms with van der Waals surface area (Å²) in [6.45, 7) is 1.83. The Morgan fingerprint density at radius 1 is 1.32 bits per heavy atom. The first-order chi connectivity index (χ1) is 9.02. The summed E-state index contributed by atoms with van der Waals surface area (Å²) in [6, 6.07) is 7.55. The molecule has 1 rings (SSSR count). The Hall–Kier alpha value is -2.30. The summed E-state index contributed by atoms with van der Waals surface area (Å²) in [5.74, 6) is -0.702. The van der Waals surface area contributed by atoms with Crippen LogP contribution in [0.25, 0.3) is 0 Å². The van der Waals surface area contributed by atoms with Crippen LogP contribution in [0, 0.1) is 0 Å². The van der Waals surface area contributed by atoms with Gasteiger partial charge < -0.3 is 15.2 Å². The van der Waals surface area contributed by atoms with Crippen molar-refractivity contribution in [3.63, 3.8) is 0 Å². The lowest BCUT2D eigenvalue weighted by Gasteiger charge is -2.04. The number of aliphatic carboxylic acids is 1. The number of hydrogen-bond donors (Lipinski definition) is 2. The van der Waals surface area contributed by atoms with E-state index in [1.807, 2.05) is 24.3 Å². The minimum atomic E-state index is -1.09. The Bertz CT molecular complexity index is 477. The molecule has 1 aromatic rings. The monoisotopic (exact) mass is 263 g/mol. The highest BCUT2D eigenvalue weighted by Gasteiger charge is 2.03. The van der Waals surface area contributed by atoms with E-state index in [1.54, 1.807) is 7.11 Å². The van der Waals surface area contributed by atoms with Crippen LogP contribution in [0.4, 0.5) is 0 Å². The molecule has 19 heavy (non-hydrogen) atoms. The molecule has 0 saturated heterocycles. The Morgan fingerprint density at radius 2 is 1.95 bits per heavy atom. The fraction of sp³-hybridized carbons (Fsp3) is 0.286. The van der Waals surface area contributed by atoms with Crippen LogP contribution in [0.5, 0.6) is 5.75 Å². The molecule has 0 atom stereocenters. The first-order valence-corrected chi connectivity index (χ1v) is 5.85. The van der Waals surface area contributed by atoms with Gasteiger partial charge in [-0.15, -0.1) is 0 Å². The van der Waals surface area contributed by atoms with Crippen molar-refractivity contribution in [1.29, 1.82) is 0 Å². The number of rotatable bonds is 6. The summed E-state index contributed by atoms with van der Waals surface area (Å²) in [5, 5.41) is 11.3. The predicted octanol–water partition coefficient (Wildman–Crippen LogP) is 1.38. The molecular weight excluding hydrogens is 246 g/mol. The fourth-order valence-electron chi connectivity index (χ4n) is 1.43. The summed E-state index contributed by atoms with van der Waals surface area (Å²) >= 11 is 0. The Morgan fingerprint density at radius 3 is 2.47 bits per heavy atom. The van der Waals surface area contributed by atoms with Crippen molar-refractivity contribution in [3.05, 3.63) is 41.5 Å². The minimum absolute atomic E-state index is 0.0157. The topological polar surface area (TPSA) is 75.6 Å². The maximum atomic E-state index is 11.4. The van der Waals surface area contributed by atoms with Crippen molar-refractivity contribution >= 4 is 11.9 Å². The van der Waals surface area contributed by atoms with Gasteiger partial charge >= 0.3 is 5.97 Å². The Balaban J connectivity index is 2.39. The molecule has 0 heterocycles. The van der Waals surface area contributed by atoms with Gasteiger partial charge in [0.1, 0.15) is 5.75 Å². The molecule has 5 heteroatoms. The fourth-order valence-corrected chi connectivity index (χ4v) is 1.43. The van der Waals surface area contributed by atoms with E-state index in [0.717, 1.165) is 17.4 Å². The van der Waals surface area contributed by atoms with Gasteiger partial charge in [0.25, 0.3) is 0 Å². The molecule has 0 fully saturated rings. The van der Waals surface area contributed by atoms with Crippen LogP contribution in [0.2, 0.25) is 0 Å². The Kier molecular flexibility index (Phi) is 5.60. The Labute approximate surface area is 111 Å². The SMILES string of the molecule is COc1ccc(CCNC(=O)/C=C(\C)C(=O)O)cc1. The number of hydrogen-bond acceptors (Lipinski definition) is 3. The van der Waals surface area contributed by atoms with E-state index in [4.69, 9.17) is 9.84 Å². The summed E-state index contributed by atoms with van der Waals surface area (Å²) in [7, 11) is 1.60. The standard InChI is InChI=1S/C14H17NO4/c1-10(14(17)18)9-13(16)15-8-7-11-3-5-12(19-2)6-4-11/h3-6,9H,7-8H2,1-2H3,(H,15,16)(H,17,18)/b10-9+. The second kappa shape index (κ2) is 7.20. The first kappa shape index (κ1) is 14.8. The first-order valence-electron chi connectivity index (χ1n) is 5.85. The van der Waals surface area contributed by atoms with Gasteiger partial charge in [0, 0.05) is 18.2 Å². The third kappa shape index (κ3) is 5.25. The average Bonchev–Trinajstić information content (AvgIpc) is 2.39. The van der Waals surface area contributed by atoms with Crippen molar-refractivity contribution in [2.24, 2.45) is 0 Å². The number of amides is 1. The number of methoxy groups -OCH3 is 1. The number of carboxylic acids is 1. The van der Waals surface area contributed by atoms with Gasteiger partial charge in [0.2, 0.25) is 5.91 Å². The number of ether oxygens (including phenoxy) is 1. The molecule has 0 radical (unpaired) electrons. The zero-order chi connectivity index (χ0) is 14.3. The molecule has 0 bridgehead atoms. The van der Waals surface area contributed by atoms with Crippen LogP contribution in [-0.4, -0.2) is 30.6 Å². The van der Waals surface area contributed by atoms with E-state index in [1.165, 1.54) is 6.92 Å². The molecule has 5 nitrogen and oxygen atoms in total. The molecule has 0 unspecified atom stereocenters. The molecule has 0 saturated carbocycles. The van der Waals surface area contributed by atoms with Crippen LogP contribution >= 0.6 is 0 Å². The number of carboxylic acid groups (broad SMARTS) is 1. The van der Waals surface area contributed by atoms with Crippen molar-refractivity contribution in [2.75, 3.05) is 13.7 Å². The normalized spacial score (nSPS) is 10.9. The second-order valence-corrected chi connectivity index (χ2v) is 4.02. The van der Waals surface area contributed by atoms with Gasteiger partial charge in [-0.3, -0.25) is 4.79 Å². The smallest absolute Gasteiger partial charge is 0.331 e. The summed E-state index contributed by atoms with van der Waals surface area (Å²) in [5.41, 5.74) is 1.09. The van der Waals surface area contributed by atoms with Crippen molar-refractivity contribution in [3.8, 4) is 5.75 Å². The van der Waals surface area contributed by atoms with Gasteiger partial charge in [-0.25, -0.2) is 4.79 Å². The zero-order valence-corrected chi connectivity index (χ0v) is 11.0. The van der Waals surface area contributed by atoms with Gasteiger partial charge in [0.15, 0.2) is 0 Å². The van der Waals surface area contributed by atoms with Gasteiger partial charge in [0.05, 0.1) is 7.11 Å². The van der Waals surface area contributed by atoms with Crippen LogP contribution in [-0.2, 0) is 16.0 Å². The highest BCUT2D eigenvalue weighted by molar-refractivity contribution is 5.97. The second-order valence-electron chi connectivity index (χ2n) is 4.02. The van der Waals surface area contributed by atoms with Gasteiger partial charge in [-0.2, -0.15) is 0 Å². The molecule has 0 spiro atoms. The molecule has 1 amide bonds. The van der Waals surface area contributed by atoms with E-state index in [9.17, 15) is 9.59 Å². The van der Waals surface area contributed by atoms with E-state index >= 15 is 0 Å². The lowest BCUT2D eigenvalue weighted by atomic mass is 10.1. The lowest BCUT2D eigenvalue weighted by molar-refractivity contribution is -0.133. The van der Waals surface area contributed by atoms with Crippen LogP contribution in [0.15, 0.2) is 35.9 Å². The van der Waals surface area contributed by atoms with E-state index in [0.29, 0.717) is 13.0 Å². The lowest BCUT2D eigenvalue weighted by Crippen LogP contribution is -2.24. The molecule has 2 N–H and O–H groups in total. The van der Waals surface area contributed by atoms with Crippen LogP contribution in [0.3, 0.4) is 0 Å². The molecule has 102 valence electrons. The molecule has 0 aliphatic heterocycles. The van der Waals surface area contributed by atoms with Crippen LogP contribution in [0.1, 0.15) is 12.5 Å². The third-order valence-electron chi connectivity index (χ3n) is 2.56. The van der Waals surface area contributed by atoms with Crippen molar-refractivity contribution < 1.29 is 19.4 Å². The molecule has 0 aromatic heterocycles. The summed E-state index contributed by atoms with van der Waals surface area (Å²) in [6.07, 6.45) is 1.76. The summed E-state index contributed by atoms with van der Waals surface area (Å²) in [4.78, 5) is 21.9. The van der Waals surface area contributed by atoms with E-state index < -0.39 is 11.9 Å². The highest BCUT2D eigenvalue weighted by atomic mass is 16.5. The quantitative estimate of drug-likeness (QED) is 0.760. The number of carbonyl (C=O) groups is 2. The highest BCUT2D eigenvalue weighted by Crippen LogP contribution is 2.11. The summed E-state index contributed by atoms with van der Waals surface area (Å²) < 4.78 is 5.04. The van der Waals surface area contributed by atoms with Gasteiger partial charge in [-0.05, 0) is 31.0 Å². The zero-order valence-electron chi connectivity index (χ0n) is 11.0. The minimum Gasteiger partial charge on any atom is -0.497 e. The number of carbonyl (C=O) groups excluding carboxylic acids is 1. The average molecular weight is 263 g/mol. The number of benzene rings is 1. The largest absolute Gasteiger partial charge is 0.497 e. The van der Waals surface area contributed by atoms with E-state index in [-0.39, 0.29) is 5.57 Å². The molecular formula is C14H17NO4. The van der Waals surface area contributed by atoms with E-state index in [2.05, 4.69) is 5.32 Å². The third-order valence-corrected chi connectivity index (χ3v) is 2.56.